The molecule has 0 aromatic heterocycles. The van der Waals surface area contributed by atoms with Gasteiger partial charge in [-0.25, -0.2) is 0 Å². The van der Waals surface area contributed by atoms with Gasteiger partial charge in [-0.1, -0.05) is 35.9 Å². The van der Waals surface area contributed by atoms with E-state index in [1.54, 1.807) is 0 Å². The van der Waals surface area contributed by atoms with E-state index in [2.05, 4.69) is 5.32 Å². The van der Waals surface area contributed by atoms with Crippen molar-refractivity contribution < 1.29 is 14.3 Å². The molecule has 0 spiro atoms. The number of halogens is 1. The van der Waals surface area contributed by atoms with Gasteiger partial charge in [-0.15, -0.1) is 0 Å². The summed E-state index contributed by atoms with van der Waals surface area (Å²) in [6.07, 6.45) is 1.09. The highest BCUT2D eigenvalue weighted by molar-refractivity contribution is 6.31. The van der Waals surface area contributed by atoms with Crippen LogP contribution < -0.4 is 10.1 Å². The van der Waals surface area contributed by atoms with Crippen molar-refractivity contribution in [3.05, 3.63) is 64.2 Å². The fourth-order valence-electron chi connectivity index (χ4n) is 2.49. The summed E-state index contributed by atoms with van der Waals surface area (Å²) in [4.78, 5) is 12.0. The molecule has 0 aliphatic rings. The van der Waals surface area contributed by atoms with E-state index in [9.17, 15) is 4.79 Å². The average molecular weight is 376 g/mol. The number of ether oxygens (including phenoxy) is 2. The molecule has 0 aliphatic carbocycles. The molecular weight excluding hydrogens is 350 g/mol. The Morgan fingerprint density at radius 1 is 1.15 bits per heavy atom. The van der Waals surface area contributed by atoms with Crippen LogP contribution in [0.15, 0.2) is 42.5 Å². The number of rotatable bonds is 10. The molecule has 2 aromatic carbocycles. The summed E-state index contributed by atoms with van der Waals surface area (Å²) < 4.78 is 11.1. The molecule has 1 amide bonds. The van der Waals surface area contributed by atoms with Gasteiger partial charge >= 0.3 is 0 Å². The molecular formula is C21H26ClNO3. The van der Waals surface area contributed by atoms with Crippen LogP contribution in [0.25, 0.3) is 0 Å². The summed E-state index contributed by atoms with van der Waals surface area (Å²) in [6, 6.07) is 13.6. The van der Waals surface area contributed by atoms with Crippen molar-refractivity contribution in [3.8, 4) is 5.75 Å². The second kappa shape index (κ2) is 10.8. The lowest BCUT2D eigenvalue weighted by atomic mass is 10.1. The molecule has 0 saturated heterocycles. The van der Waals surface area contributed by atoms with E-state index in [1.807, 2.05) is 56.3 Å². The highest BCUT2D eigenvalue weighted by atomic mass is 35.5. The number of hydrogen-bond acceptors (Lipinski definition) is 3. The number of amides is 1. The van der Waals surface area contributed by atoms with Crippen LogP contribution in [0.4, 0.5) is 0 Å². The Hall–Kier alpha value is -2.04. The van der Waals surface area contributed by atoms with E-state index in [-0.39, 0.29) is 5.91 Å². The first-order chi connectivity index (χ1) is 12.6. The zero-order chi connectivity index (χ0) is 18.8. The molecule has 0 bridgehead atoms. The third-order valence-electron chi connectivity index (χ3n) is 4.00. The molecule has 4 nitrogen and oxygen atoms in total. The predicted octanol–water partition coefficient (Wildman–Crippen LogP) is 4.66. The van der Waals surface area contributed by atoms with Crippen molar-refractivity contribution in [2.24, 2.45) is 0 Å². The first-order valence-corrected chi connectivity index (χ1v) is 9.28. The fourth-order valence-corrected chi connectivity index (χ4v) is 2.61. The van der Waals surface area contributed by atoms with Crippen molar-refractivity contribution in [2.75, 3.05) is 13.2 Å². The van der Waals surface area contributed by atoms with E-state index in [0.29, 0.717) is 39.2 Å². The van der Waals surface area contributed by atoms with Gasteiger partial charge in [0.2, 0.25) is 5.91 Å². The Morgan fingerprint density at radius 2 is 1.92 bits per heavy atom. The van der Waals surface area contributed by atoms with Gasteiger partial charge in [0.05, 0.1) is 13.2 Å². The van der Waals surface area contributed by atoms with Crippen LogP contribution >= 0.6 is 11.6 Å². The third-order valence-corrected chi connectivity index (χ3v) is 4.43. The molecule has 0 unspecified atom stereocenters. The maximum absolute atomic E-state index is 12.0. The Bertz CT molecular complexity index is 718. The molecule has 26 heavy (non-hydrogen) atoms. The second-order valence-electron chi connectivity index (χ2n) is 6.05. The van der Waals surface area contributed by atoms with Crippen LogP contribution in [0.1, 0.15) is 36.5 Å². The molecule has 2 aromatic rings. The maximum atomic E-state index is 12.0. The third kappa shape index (κ3) is 6.70. The van der Waals surface area contributed by atoms with Gasteiger partial charge in [0.1, 0.15) is 5.75 Å². The second-order valence-corrected chi connectivity index (χ2v) is 6.45. The van der Waals surface area contributed by atoms with E-state index in [1.165, 1.54) is 0 Å². The SMILES string of the molecule is CCOCc1ccccc1CNC(=O)CCCOc1ccc(Cl)c(C)c1. The number of nitrogens with one attached hydrogen (secondary N) is 1. The Morgan fingerprint density at radius 3 is 2.65 bits per heavy atom. The summed E-state index contributed by atoms with van der Waals surface area (Å²) in [7, 11) is 0. The molecule has 140 valence electrons. The highest BCUT2D eigenvalue weighted by Crippen LogP contribution is 2.21. The topological polar surface area (TPSA) is 47.6 Å². The normalized spacial score (nSPS) is 10.6. The zero-order valence-electron chi connectivity index (χ0n) is 15.4. The lowest BCUT2D eigenvalue weighted by Crippen LogP contribution is -2.23. The minimum Gasteiger partial charge on any atom is -0.494 e. The number of carbonyl (C=O) groups excluding carboxylic acids is 1. The van der Waals surface area contributed by atoms with Crippen molar-refractivity contribution >= 4 is 17.5 Å². The largest absolute Gasteiger partial charge is 0.494 e. The number of carbonyl (C=O) groups is 1. The standard InChI is InChI=1S/C21H26ClNO3/c1-3-25-15-18-8-5-4-7-17(18)14-23-21(24)9-6-12-26-19-10-11-20(22)16(2)13-19/h4-5,7-8,10-11,13H,3,6,9,12,14-15H2,1-2H3,(H,23,24). The summed E-state index contributed by atoms with van der Waals surface area (Å²) in [5, 5.41) is 3.69. The summed E-state index contributed by atoms with van der Waals surface area (Å²) in [6.45, 7) is 6.16. The van der Waals surface area contributed by atoms with E-state index in [0.717, 1.165) is 27.5 Å². The van der Waals surface area contributed by atoms with Crippen molar-refractivity contribution in [2.45, 2.75) is 39.8 Å². The molecule has 0 aliphatic heterocycles. The molecule has 0 atom stereocenters. The molecule has 0 heterocycles. The van der Waals surface area contributed by atoms with Crippen molar-refractivity contribution in [1.82, 2.24) is 5.32 Å². The van der Waals surface area contributed by atoms with Crippen LogP contribution in [0.3, 0.4) is 0 Å². The quantitative estimate of drug-likeness (QED) is 0.614. The summed E-state index contributed by atoms with van der Waals surface area (Å²) in [5.41, 5.74) is 3.17. The minimum atomic E-state index is 0.0205. The lowest BCUT2D eigenvalue weighted by Gasteiger charge is -2.11. The van der Waals surface area contributed by atoms with Gasteiger partial charge in [-0.3, -0.25) is 4.79 Å². The first-order valence-electron chi connectivity index (χ1n) is 8.90. The number of benzene rings is 2. The van der Waals surface area contributed by atoms with Gasteiger partial charge < -0.3 is 14.8 Å². The molecule has 5 heteroatoms. The van der Waals surface area contributed by atoms with E-state index in [4.69, 9.17) is 21.1 Å². The van der Waals surface area contributed by atoms with Crippen LogP contribution in [0.5, 0.6) is 5.75 Å². The van der Waals surface area contributed by atoms with Crippen LogP contribution in [0.2, 0.25) is 5.02 Å². The predicted molar refractivity (Wildman–Crippen MR) is 105 cm³/mol. The smallest absolute Gasteiger partial charge is 0.220 e. The summed E-state index contributed by atoms with van der Waals surface area (Å²) >= 11 is 5.99. The van der Waals surface area contributed by atoms with Crippen LogP contribution in [0, 0.1) is 6.92 Å². The highest BCUT2D eigenvalue weighted by Gasteiger charge is 2.06. The minimum absolute atomic E-state index is 0.0205. The van der Waals surface area contributed by atoms with Gasteiger partial charge in [-0.2, -0.15) is 0 Å². The van der Waals surface area contributed by atoms with Crippen molar-refractivity contribution in [1.29, 1.82) is 0 Å². The Labute approximate surface area is 160 Å². The van der Waals surface area contributed by atoms with Gasteiger partial charge in [0.15, 0.2) is 0 Å². The number of aryl methyl sites for hydroxylation is 1. The Balaban J connectivity index is 1.70. The number of hydrogen-bond donors (Lipinski definition) is 1. The molecule has 0 radical (unpaired) electrons. The molecule has 1 N–H and O–H groups in total. The van der Waals surface area contributed by atoms with Crippen LogP contribution in [-0.2, 0) is 22.7 Å². The van der Waals surface area contributed by atoms with Gasteiger partial charge in [0, 0.05) is 24.6 Å². The fraction of sp³-hybridized carbons (Fsp3) is 0.381. The molecule has 0 fully saturated rings. The first kappa shape index (κ1) is 20.3. The van der Waals surface area contributed by atoms with Crippen molar-refractivity contribution in [3.63, 3.8) is 0 Å². The summed E-state index contributed by atoms with van der Waals surface area (Å²) in [5.74, 6) is 0.796. The maximum Gasteiger partial charge on any atom is 0.220 e. The average Bonchev–Trinajstić information content (AvgIpc) is 2.65. The van der Waals surface area contributed by atoms with Crippen LogP contribution in [-0.4, -0.2) is 19.1 Å². The molecule has 0 saturated carbocycles. The Kier molecular flexibility index (Phi) is 8.45. The monoisotopic (exact) mass is 375 g/mol. The molecule has 2 rings (SSSR count). The van der Waals surface area contributed by atoms with E-state index >= 15 is 0 Å². The van der Waals surface area contributed by atoms with E-state index < -0.39 is 0 Å². The van der Waals surface area contributed by atoms with Gasteiger partial charge in [-0.05, 0) is 55.2 Å². The van der Waals surface area contributed by atoms with Gasteiger partial charge in [0.25, 0.3) is 0 Å². The lowest BCUT2D eigenvalue weighted by molar-refractivity contribution is -0.121. The zero-order valence-corrected chi connectivity index (χ0v) is 16.1.